The molecule has 3 heterocycles. The van der Waals surface area contributed by atoms with Crippen molar-refractivity contribution >= 4 is 41.2 Å². The summed E-state index contributed by atoms with van der Waals surface area (Å²) in [4.78, 5) is 43.6. The fraction of sp³-hybridized carbons (Fsp3) is 0.226. The zero-order valence-electron chi connectivity index (χ0n) is 22.0. The first kappa shape index (κ1) is 25.9. The number of ether oxygens (including phenoxy) is 1. The molecule has 8 heteroatoms. The largest absolute Gasteiger partial charge is 0.494 e. The number of carbonyl (C=O) groups is 3. The number of carbonyl (C=O) groups excluding carboxylic acids is 2. The minimum Gasteiger partial charge on any atom is -0.494 e. The number of nitrogens with one attached hydrogen (secondary N) is 2. The van der Waals surface area contributed by atoms with Gasteiger partial charge in [0.15, 0.2) is 6.29 Å². The number of aldehydes is 1. The number of aliphatic carboxylic acids is 1. The number of allylic oxidation sites excluding steroid dienone is 1. The van der Waals surface area contributed by atoms with Gasteiger partial charge in [-0.2, -0.15) is 0 Å². The smallest absolute Gasteiger partial charge is 0.303 e. The first-order valence-corrected chi connectivity index (χ1v) is 12.8. The molecule has 0 bridgehead atoms. The summed E-state index contributed by atoms with van der Waals surface area (Å²) in [7, 11) is 0. The molecule has 5 rings (SSSR count). The number of rotatable bonds is 9. The zero-order valence-corrected chi connectivity index (χ0v) is 22.0. The number of hydrogen-bond acceptors (Lipinski definition) is 5. The highest BCUT2D eigenvalue weighted by molar-refractivity contribution is 6.36. The van der Waals surface area contributed by atoms with E-state index >= 15 is 0 Å². The van der Waals surface area contributed by atoms with Gasteiger partial charge in [-0.1, -0.05) is 24.3 Å². The molecule has 1 amide bonds. The van der Waals surface area contributed by atoms with E-state index in [4.69, 9.17) is 4.74 Å². The van der Waals surface area contributed by atoms with Crippen molar-refractivity contribution in [2.75, 3.05) is 11.9 Å². The molecule has 2 aliphatic rings. The van der Waals surface area contributed by atoms with Gasteiger partial charge in [-0.3, -0.25) is 19.4 Å². The number of fused-ring (bicyclic) bond motifs is 1. The minimum absolute atomic E-state index is 0.0572. The van der Waals surface area contributed by atoms with Crippen LogP contribution in [0.4, 0.5) is 5.69 Å². The van der Waals surface area contributed by atoms with Crippen molar-refractivity contribution < 1.29 is 24.2 Å². The van der Waals surface area contributed by atoms with Gasteiger partial charge in [-0.05, 0) is 79.3 Å². The number of amides is 1. The molecule has 1 unspecified atom stereocenters. The first-order valence-electron chi connectivity index (χ1n) is 12.8. The van der Waals surface area contributed by atoms with Crippen molar-refractivity contribution in [3.05, 3.63) is 82.8 Å². The van der Waals surface area contributed by atoms with Gasteiger partial charge in [0.05, 0.1) is 23.3 Å². The van der Waals surface area contributed by atoms with Crippen molar-refractivity contribution in [2.45, 2.75) is 39.0 Å². The monoisotopic (exact) mass is 523 g/mol. The second-order valence-corrected chi connectivity index (χ2v) is 9.78. The maximum atomic E-state index is 13.0. The third-order valence-electron chi connectivity index (χ3n) is 7.52. The summed E-state index contributed by atoms with van der Waals surface area (Å²) in [5.41, 5.74) is 6.64. The van der Waals surface area contributed by atoms with Crippen LogP contribution in [0.2, 0.25) is 0 Å². The third kappa shape index (κ3) is 4.58. The molecule has 3 aromatic rings. The fourth-order valence-corrected chi connectivity index (χ4v) is 5.36. The van der Waals surface area contributed by atoms with Crippen LogP contribution in [-0.4, -0.2) is 40.6 Å². The van der Waals surface area contributed by atoms with E-state index in [-0.39, 0.29) is 18.7 Å². The number of carboxylic acids is 1. The van der Waals surface area contributed by atoms with Gasteiger partial charge in [0.2, 0.25) is 0 Å². The molecule has 3 N–H and O–H groups in total. The van der Waals surface area contributed by atoms with E-state index in [0.717, 1.165) is 56.8 Å². The molecule has 2 aliphatic heterocycles. The lowest BCUT2D eigenvalue weighted by Gasteiger charge is -2.28. The molecule has 39 heavy (non-hydrogen) atoms. The van der Waals surface area contributed by atoms with E-state index < -0.39 is 11.4 Å². The van der Waals surface area contributed by atoms with Crippen LogP contribution in [0, 0.1) is 6.92 Å². The first-order chi connectivity index (χ1) is 18.8. The molecule has 0 fully saturated rings. The van der Waals surface area contributed by atoms with E-state index in [2.05, 4.69) is 15.3 Å². The minimum atomic E-state index is -0.912. The molecule has 2 aromatic carbocycles. The maximum Gasteiger partial charge on any atom is 0.303 e. The Bertz CT molecular complexity index is 1590. The van der Waals surface area contributed by atoms with Crippen molar-refractivity contribution in [2.24, 2.45) is 4.99 Å². The number of benzene rings is 2. The molecule has 0 radical (unpaired) electrons. The highest BCUT2D eigenvalue weighted by Gasteiger charge is 2.41. The van der Waals surface area contributed by atoms with E-state index in [0.29, 0.717) is 17.9 Å². The molecule has 198 valence electrons. The topological polar surface area (TPSA) is 121 Å². The van der Waals surface area contributed by atoms with E-state index in [1.807, 2.05) is 75.5 Å². The predicted octanol–water partition coefficient (Wildman–Crippen LogP) is 5.54. The molecule has 0 saturated carbocycles. The van der Waals surface area contributed by atoms with Crippen LogP contribution in [0.15, 0.2) is 65.4 Å². The third-order valence-corrected chi connectivity index (χ3v) is 7.52. The summed E-state index contributed by atoms with van der Waals surface area (Å²) >= 11 is 0. The van der Waals surface area contributed by atoms with Crippen LogP contribution in [0.5, 0.6) is 5.75 Å². The van der Waals surface area contributed by atoms with E-state index in [1.165, 1.54) is 0 Å². The molecular weight excluding hydrogens is 494 g/mol. The molecule has 0 saturated heterocycles. The summed E-state index contributed by atoms with van der Waals surface area (Å²) in [5, 5.41) is 12.2. The summed E-state index contributed by atoms with van der Waals surface area (Å²) in [6.45, 7) is 6.33. The maximum absolute atomic E-state index is 13.0. The molecular formula is C31H29N3O5. The summed E-state index contributed by atoms with van der Waals surface area (Å²) in [6, 6.07) is 13.7. The lowest BCUT2D eigenvalue weighted by Crippen LogP contribution is -2.33. The Kier molecular flexibility index (Phi) is 6.78. The quantitative estimate of drug-likeness (QED) is 0.251. The second kappa shape index (κ2) is 10.2. The van der Waals surface area contributed by atoms with Crippen LogP contribution in [0.1, 0.15) is 49.1 Å². The van der Waals surface area contributed by atoms with Crippen molar-refractivity contribution in [1.82, 2.24) is 4.98 Å². The van der Waals surface area contributed by atoms with Crippen molar-refractivity contribution in [1.29, 1.82) is 0 Å². The average Bonchev–Trinajstić information content (AvgIpc) is 3.55. The summed E-state index contributed by atoms with van der Waals surface area (Å²) in [6.07, 6.45) is 6.16. The van der Waals surface area contributed by atoms with Gasteiger partial charge < -0.3 is 20.1 Å². The highest BCUT2D eigenvalue weighted by Crippen LogP contribution is 2.43. The van der Waals surface area contributed by atoms with Gasteiger partial charge in [0.25, 0.3) is 5.91 Å². The van der Waals surface area contributed by atoms with Gasteiger partial charge in [-0.15, -0.1) is 0 Å². The number of aromatic amines is 1. The molecule has 1 aromatic heterocycles. The Morgan fingerprint density at radius 2 is 1.97 bits per heavy atom. The number of aromatic nitrogens is 1. The predicted molar refractivity (Wildman–Crippen MR) is 151 cm³/mol. The van der Waals surface area contributed by atoms with Gasteiger partial charge in [0, 0.05) is 35.8 Å². The van der Waals surface area contributed by atoms with Crippen LogP contribution < -0.4 is 10.1 Å². The molecule has 0 aliphatic carbocycles. The summed E-state index contributed by atoms with van der Waals surface area (Å²) < 4.78 is 5.62. The number of hydrogen-bond donors (Lipinski definition) is 3. The van der Waals surface area contributed by atoms with Gasteiger partial charge in [-0.25, -0.2) is 0 Å². The standard InChI is InChI=1S/C31H29N3O5/c1-4-39-22-7-5-6-19(12-22)20-8-10-23-24(30(38)34-27(23)13-20)14-26-18(2)25(16-32-26)31(3)21(9-11-29(36)37)15-33-28(31)17-35/h5-8,10,12-17,32H,4,9,11H2,1-3H3,(H,34,38)(H,36,37). The SMILES string of the molecule is CCOc1cccc(-c2ccc3c(c2)NC(=O)C3=Cc2[nH]cc(C3(C)C(CCC(=O)O)=CN=C3C=O)c2C)c1. The Morgan fingerprint density at radius 1 is 1.18 bits per heavy atom. The highest BCUT2D eigenvalue weighted by atomic mass is 16.5. The number of carboxylic acid groups (broad SMARTS) is 1. The van der Waals surface area contributed by atoms with Crippen LogP contribution in [0.25, 0.3) is 22.8 Å². The Labute approximate surface area is 226 Å². The molecule has 0 spiro atoms. The number of H-pyrrole nitrogens is 1. The van der Waals surface area contributed by atoms with Gasteiger partial charge >= 0.3 is 5.97 Å². The molecule has 1 atom stereocenters. The van der Waals surface area contributed by atoms with Crippen molar-refractivity contribution in [3.8, 4) is 16.9 Å². The van der Waals surface area contributed by atoms with E-state index in [9.17, 15) is 19.5 Å². The fourth-order valence-electron chi connectivity index (χ4n) is 5.36. The van der Waals surface area contributed by atoms with Crippen LogP contribution >= 0.6 is 0 Å². The number of anilines is 1. The number of nitrogens with zero attached hydrogens (tertiary/aromatic N) is 1. The lowest BCUT2D eigenvalue weighted by atomic mass is 9.72. The Balaban J connectivity index is 1.48. The molecule has 8 nitrogen and oxygen atoms in total. The zero-order chi connectivity index (χ0) is 27.7. The number of aliphatic imine (C=N–C) groups is 1. The van der Waals surface area contributed by atoms with Crippen LogP contribution in [-0.2, 0) is 19.8 Å². The normalized spacial score (nSPS) is 18.9. The van der Waals surface area contributed by atoms with Crippen LogP contribution in [0.3, 0.4) is 0 Å². The lowest BCUT2D eigenvalue weighted by molar-refractivity contribution is -0.137. The second-order valence-electron chi connectivity index (χ2n) is 9.78. The average molecular weight is 524 g/mol. The van der Waals surface area contributed by atoms with E-state index in [1.54, 1.807) is 6.20 Å². The summed E-state index contributed by atoms with van der Waals surface area (Å²) in [5.74, 6) is -0.326. The van der Waals surface area contributed by atoms with Crippen molar-refractivity contribution in [3.63, 3.8) is 0 Å². The van der Waals surface area contributed by atoms with Gasteiger partial charge in [0.1, 0.15) is 5.75 Å². The Morgan fingerprint density at radius 3 is 2.72 bits per heavy atom. The Hall–Kier alpha value is -4.72.